The van der Waals surface area contributed by atoms with Gasteiger partial charge in [0.05, 0.1) is 7.11 Å². The molecular formula is C12H11N3O3S. The molecule has 1 N–H and O–H groups in total. The average molecular weight is 277 g/mol. The third kappa shape index (κ3) is 3.14. The van der Waals surface area contributed by atoms with Crippen LogP contribution in [0.1, 0.15) is 26.5 Å². The molecule has 98 valence electrons. The largest absolute Gasteiger partial charge is 0.463 e. The summed E-state index contributed by atoms with van der Waals surface area (Å²) in [6, 6.07) is 7.16. The molecule has 0 unspecified atom stereocenters. The molecule has 1 heterocycles. The zero-order chi connectivity index (χ0) is 13.8. The summed E-state index contributed by atoms with van der Waals surface area (Å²) in [4.78, 5) is 27.0. The third-order valence-corrected chi connectivity index (χ3v) is 2.93. The number of hydrogen-bond donors (Lipinski definition) is 1. The monoisotopic (exact) mass is 277 g/mol. The number of methoxy groups -OCH3 is 1. The van der Waals surface area contributed by atoms with E-state index in [0.717, 1.165) is 17.1 Å². The second kappa shape index (κ2) is 5.57. The van der Waals surface area contributed by atoms with Crippen LogP contribution in [0.4, 0.5) is 5.13 Å². The second-order valence-corrected chi connectivity index (χ2v) is 4.49. The Hall–Kier alpha value is -2.28. The molecule has 0 aliphatic carbocycles. The van der Waals surface area contributed by atoms with Gasteiger partial charge in [0, 0.05) is 17.1 Å². The highest BCUT2D eigenvalue weighted by molar-refractivity contribution is 7.10. The average Bonchev–Trinajstić information content (AvgIpc) is 2.86. The topological polar surface area (TPSA) is 81.2 Å². The number of carbonyl (C=O) groups is 2. The normalized spacial score (nSPS) is 10.0. The van der Waals surface area contributed by atoms with E-state index in [1.165, 1.54) is 7.11 Å². The first kappa shape index (κ1) is 13.2. The van der Waals surface area contributed by atoms with Gasteiger partial charge >= 0.3 is 5.97 Å². The number of ether oxygens (including phenoxy) is 1. The molecule has 0 radical (unpaired) electrons. The molecule has 7 heteroatoms. The summed E-state index contributed by atoms with van der Waals surface area (Å²) >= 11 is 0.927. The Morgan fingerprint density at radius 2 is 2.16 bits per heavy atom. The number of nitrogens with zero attached hydrogens (tertiary/aromatic N) is 2. The maximum absolute atomic E-state index is 11.9. The quantitative estimate of drug-likeness (QED) is 0.866. The van der Waals surface area contributed by atoms with Gasteiger partial charge in [0.1, 0.15) is 0 Å². The molecule has 0 saturated heterocycles. The van der Waals surface area contributed by atoms with E-state index in [4.69, 9.17) is 0 Å². The standard InChI is InChI=1S/C12H11N3O3S/c1-7-4-3-5-8(6-7)10(16)14-12-13-9(15-19-12)11(17)18-2/h3-6H,1-2H3,(H,13,14,15,16). The smallest absolute Gasteiger partial charge is 0.377 e. The van der Waals surface area contributed by atoms with Crippen molar-refractivity contribution < 1.29 is 14.3 Å². The van der Waals surface area contributed by atoms with Crippen LogP contribution in [0.25, 0.3) is 0 Å². The van der Waals surface area contributed by atoms with Crippen LogP contribution in [-0.2, 0) is 4.74 Å². The van der Waals surface area contributed by atoms with E-state index in [0.29, 0.717) is 5.56 Å². The Balaban J connectivity index is 2.11. The lowest BCUT2D eigenvalue weighted by atomic mass is 10.1. The molecular weight excluding hydrogens is 266 g/mol. The summed E-state index contributed by atoms with van der Waals surface area (Å²) in [7, 11) is 1.24. The highest BCUT2D eigenvalue weighted by atomic mass is 32.1. The summed E-state index contributed by atoms with van der Waals surface area (Å²) in [5, 5.41) is 2.84. The number of aryl methyl sites for hydroxylation is 1. The van der Waals surface area contributed by atoms with Gasteiger partial charge in [-0.15, -0.1) is 0 Å². The van der Waals surface area contributed by atoms with Gasteiger partial charge < -0.3 is 4.74 Å². The van der Waals surface area contributed by atoms with Crippen molar-refractivity contribution in [3.63, 3.8) is 0 Å². The molecule has 0 aliphatic rings. The minimum atomic E-state index is -0.632. The lowest BCUT2D eigenvalue weighted by molar-refractivity contribution is 0.0588. The maximum atomic E-state index is 11.9. The number of rotatable bonds is 3. The Labute approximate surface area is 113 Å². The van der Waals surface area contributed by atoms with Gasteiger partial charge in [-0.05, 0) is 19.1 Å². The minimum absolute atomic E-state index is 0.0629. The van der Waals surface area contributed by atoms with Gasteiger partial charge in [-0.1, -0.05) is 17.7 Å². The summed E-state index contributed by atoms with van der Waals surface area (Å²) in [5.74, 6) is -0.990. The van der Waals surface area contributed by atoms with E-state index in [1.807, 2.05) is 13.0 Å². The van der Waals surface area contributed by atoms with Crippen LogP contribution in [0.2, 0.25) is 0 Å². The van der Waals surface area contributed by atoms with Crippen molar-refractivity contribution in [1.29, 1.82) is 0 Å². The highest BCUT2D eigenvalue weighted by Crippen LogP contribution is 2.13. The summed E-state index contributed by atoms with van der Waals surface area (Å²) < 4.78 is 8.28. The van der Waals surface area contributed by atoms with E-state index in [9.17, 15) is 9.59 Å². The molecule has 1 aromatic heterocycles. The number of carbonyl (C=O) groups excluding carboxylic acids is 2. The molecule has 1 amide bonds. The predicted molar refractivity (Wildman–Crippen MR) is 70.4 cm³/mol. The molecule has 1 aromatic carbocycles. The maximum Gasteiger partial charge on any atom is 0.377 e. The van der Waals surface area contributed by atoms with E-state index in [1.54, 1.807) is 18.2 Å². The van der Waals surface area contributed by atoms with Crippen LogP contribution in [0.5, 0.6) is 0 Å². The molecule has 6 nitrogen and oxygen atoms in total. The van der Waals surface area contributed by atoms with E-state index in [-0.39, 0.29) is 16.9 Å². The molecule has 2 aromatic rings. The van der Waals surface area contributed by atoms with Gasteiger partial charge in [0.25, 0.3) is 11.7 Å². The van der Waals surface area contributed by atoms with Crippen molar-refractivity contribution >= 4 is 28.5 Å². The van der Waals surface area contributed by atoms with Crippen molar-refractivity contribution in [2.24, 2.45) is 0 Å². The number of anilines is 1. The number of amides is 1. The zero-order valence-corrected chi connectivity index (χ0v) is 11.2. The van der Waals surface area contributed by atoms with Crippen LogP contribution in [-0.4, -0.2) is 28.3 Å². The summed E-state index contributed by atoms with van der Waals surface area (Å²) in [6.45, 7) is 1.90. The molecule has 0 bridgehead atoms. The molecule has 19 heavy (non-hydrogen) atoms. The van der Waals surface area contributed by atoms with Gasteiger partial charge in [0.2, 0.25) is 5.13 Å². The van der Waals surface area contributed by atoms with Gasteiger partial charge in [0.15, 0.2) is 0 Å². The van der Waals surface area contributed by atoms with Gasteiger partial charge in [-0.3, -0.25) is 10.1 Å². The molecule has 2 rings (SSSR count). The molecule has 0 fully saturated rings. The highest BCUT2D eigenvalue weighted by Gasteiger charge is 2.15. The number of benzene rings is 1. The SMILES string of the molecule is COC(=O)c1nsc(NC(=O)c2cccc(C)c2)n1. The Bertz CT molecular complexity index is 624. The lowest BCUT2D eigenvalue weighted by Gasteiger charge is -2.01. The number of hydrogen-bond acceptors (Lipinski definition) is 6. The Kier molecular flexibility index (Phi) is 3.86. The van der Waals surface area contributed by atoms with E-state index >= 15 is 0 Å². The van der Waals surface area contributed by atoms with Crippen molar-refractivity contribution in [2.75, 3.05) is 12.4 Å². The van der Waals surface area contributed by atoms with Gasteiger partial charge in [-0.25, -0.2) is 4.79 Å². The van der Waals surface area contributed by atoms with Crippen molar-refractivity contribution in [2.45, 2.75) is 6.92 Å². The summed E-state index contributed by atoms with van der Waals surface area (Å²) in [6.07, 6.45) is 0. The number of aromatic nitrogens is 2. The molecule has 0 saturated carbocycles. The first-order chi connectivity index (χ1) is 9.10. The fourth-order valence-electron chi connectivity index (χ4n) is 1.40. The molecule has 0 spiro atoms. The van der Waals surface area contributed by atoms with Crippen LogP contribution in [0.3, 0.4) is 0 Å². The first-order valence-electron chi connectivity index (χ1n) is 5.40. The van der Waals surface area contributed by atoms with Crippen LogP contribution in [0, 0.1) is 6.92 Å². The van der Waals surface area contributed by atoms with Crippen LogP contribution >= 0.6 is 11.5 Å². The Morgan fingerprint density at radius 3 is 2.84 bits per heavy atom. The third-order valence-electron chi connectivity index (χ3n) is 2.29. The predicted octanol–water partition coefficient (Wildman–Crippen LogP) is 1.89. The van der Waals surface area contributed by atoms with Crippen molar-refractivity contribution in [3.8, 4) is 0 Å². The summed E-state index contributed by atoms with van der Waals surface area (Å²) in [5.41, 5.74) is 1.51. The fraction of sp³-hybridized carbons (Fsp3) is 0.167. The van der Waals surface area contributed by atoms with E-state index in [2.05, 4.69) is 19.4 Å². The molecule has 0 atom stereocenters. The first-order valence-corrected chi connectivity index (χ1v) is 6.17. The Morgan fingerprint density at radius 1 is 1.37 bits per heavy atom. The van der Waals surface area contributed by atoms with Crippen LogP contribution < -0.4 is 5.32 Å². The minimum Gasteiger partial charge on any atom is -0.463 e. The van der Waals surface area contributed by atoms with E-state index < -0.39 is 5.97 Å². The molecule has 0 aliphatic heterocycles. The van der Waals surface area contributed by atoms with Crippen molar-refractivity contribution in [1.82, 2.24) is 9.36 Å². The zero-order valence-electron chi connectivity index (χ0n) is 10.3. The number of esters is 1. The number of nitrogens with one attached hydrogen (secondary N) is 1. The van der Waals surface area contributed by atoms with Gasteiger partial charge in [-0.2, -0.15) is 9.36 Å². The lowest BCUT2D eigenvalue weighted by Crippen LogP contribution is -2.12. The van der Waals surface area contributed by atoms with Crippen LogP contribution in [0.15, 0.2) is 24.3 Å². The second-order valence-electron chi connectivity index (χ2n) is 3.74. The van der Waals surface area contributed by atoms with Crippen molar-refractivity contribution in [3.05, 3.63) is 41.2 Å². The fourth-order valence-corrected chi connectivity index (χ4v) is 1.96.